The molecule has 0 aliphatic carbocycles. The normalized spacial score (nSPS) is 25.4. The summed E-state index contributed by atoms with van der Waals surface area (Å²) in [7, 11) is 3.40. The van der Waals surface area contributed by atoms with Gasteiger partial charge in [0.1, 0.15) is 53.2 Å². The van der Waals surface area contributed by atoms with E-state index in [0.717, 1.165) is 11.3 Å². The number of hydrogen-bond donors (Lipinski definition) is 0. The van der Waals surface area contributed by atoms with Gasteiger partial charge in [0.2, 0.25) is 0 Å². The Labute approximate surface area is 259 Å². The zero-order valence-corrected chi connectivity index (χ0v) is 25.9. The Morgan fingerprint density at radius 3 is 1.66 bits per heavy atom. The Morgan fingerprint density at radius 2 is 1.16 bits per heavy atom. The Balaban J connectivity index is 1.36. The highest BCUT2D eigenvalue weighted by atomic mass is 32.2. The summed E-state index contributed by atoms with van der Waals surface area (Å²) in [5, 5.41) is 0. The molecular formula is C32H38O11S. The smallest absolute Gasteiger partial charge is 0.189 e. The molecule has 12 heteroatoms. The molecule has 0 bridgehead atoms. The van der Waals surface area contributed by atoms with E-state index < -0.39 is 46.9 Å². The van der Waals surface area contributed by atoms with Crippen LogP contribution >= 0.6 is 0 Å². The van der Waals surface area contributed by atoms with E-state index in [0.29, 0.717) is 28.8 Å². The average Bonchev–Trinajstić information content (AvgIpc) is 3.08. The Kier molecular flexibility index (Phi) is 11.3. The molecule has 0 N–H and O–H groups in total. The predicted molar refractivity (Wildman–Crippen MR) is 161 cm³/mol. The second kappa shape index (κ2) is 15.6. The van der Waals surface area contributed by atoms with Gasteiger partial charge in [0.15, 0.2) is 25.3 Å². The van der Waals surface area contributed by atoms with Gasteiger partial charge in [0, 0.05) is 11.3 Å². The fourth-order valence-corrected chi connectivity index (χ4v) is 6.05. The van der Waals surface area contributed by atoms with Crippen LogP contribution in [0.2, 0.25) is 0 Å². The van der Waals surface area contributed by atoms with Gasteiger partial charge in [-0.25, -0.2) is 0 Å². The van der Waals surface area contributed by atoms with Crippen LogP contribution in [0.1, 0.15) is 18.8 Å². The van der Waals surface area contributed by atoms with Gasteiger partial charge in [-0.2, -0.15) is 0 Å². The van der Waals surface area contributed by atoms with E-state index in [2.05, 4.69) is 0 Å². The first-order valence-electron chi connectivity index (χ1n) is 14.2. The average molecular weight is 631 g/mol. The highest BCUT2D eigenvalue weighted by molar-refractivity contribution is 7.85. The molecule has 44 heavy (non-hydrogen) atoms. The summed E-state index contributed by atoms with van der Waals surface area (Å²) in [5.41, 5.74) is -0.0199. The fourth-order valence-electron chi connectivity index (χ4n) is 4.92. The lowest BCUT2D eigenvalue weighted by atomic mass is 9.98. The van der Waals surface area contributed by atoms with E-state index in [1.807, 2.05) is 31.2 Å². The molecule has 3 aromatic rings. The lowest BCUT2D eigenvalue weighted by molar-refractivity contribution is -0.334. The van der Waals surface area contributed by atoms with Crippen LogP contribution in [0.3, 0.4) is 0 Å². The summed E-state index contributed by atoms with van der Waals surface area (Å²) < 4.78 is 72.2. The molecule has 0 amide bonds. The number of fused-ring (bicyclic) bond motifs is 1. The molecule has 0 saturated carbocycles. The Bertz CT molecular complexity index is 1320. The third-order valence-electron chi connectivity index (χ3n) is 7.31. The van der Waals surface area contributed by atoms with Gasteiger partial charge in [0.05, 0.1) is 38.7 Å². The van der Waals surface area contributed by atoms with E-state index in [4.69, 9.17) is 47.4 Å². The molecule has 0 aromatic heterocycles. The Morgan fingerprint density at radius 1 is 0.682 bits per heavy atom. The fraction of sp³-hybridized carbons (Fsp3) is 0.438. The first-order valence-corrected chi connectivity index (χ1v) is 15.6. The minimum Gasteiger partial charge on any atom is -0.497 e. The molecule has 2 heterocycles. The number of ether oxygens (including phenoxy) is 10. The van der Waals surface area contributed by atoms with Crippen LogP contribution in [0, 0.1) is 0 Å². The van der Waals surface area contributed by atoms with Gasteiger partial charge in [-0.3, -0.25) is 4.21 Å². The van der Waals surface area contributed by atoms with Crippen molar-refractivity contribution >= 4 is 10.8 Å². The maximum atomic E-state index is 13.3. The largest absolute Gasteiger partial charge is 0.497 e. The van der Waals surface area contributed by atoms with E-state index >= 15 is 0 Å². The lowest BCUT2D eigenvalue weighted by Gasteiger charge is -2.48. The molecule has 2 saturated heterocycles. The van der Waals surface area contributed by atoms with Crippen LogP contribution in [0.15, 0.2) is 72.8 Å². The second-order valence-electron chi connectivity index (χ2n) is 9.89. The molecule has 2 aliphatic heterocycles. The summed E-state index contributed by atoms with van der Waals surface area (Å²) >= 11 is 0. The molecule has 2 fully saturated rings. The van der Waals surface area contributed by atoms with Crippen molar-refractivity contribution in [1.82, 2.24) is 0 Å². The molecule has 11 nitrogen and oxygen atoms in total. The minimum absolute atomic E-state index is 0.123. The number of hydrogen-bond acceptors (Lipinski definition) is 11. The van der Waals surface area contributed by atoms with Crippen LogP contribution in [-0.4, -0.2) is 81.3 Å². The van der Waals surface area contributed by atoms with Crippen molar-refractivity contribution in [3.05, 3.63) is 78.4 Å². The van der Waals surface area contributed by atoms with E-state index in [1.165, 1.54) is 0 Å². The third kappa shape index (κ3) is 7.81. The maximum Gasteiger partial charge on any atom is 0.189 e. The summed E-state index contributed by atoms with van der Waals surface area (Å²) in [6.07, 6.45) is -3.44. The van der Waals surface area contributed by atoms with Crippen molar-refractivity contribution in [3.8, 4) is 28.7 Å². The summed E-state index contributed by atoms with van der Waals surface area (Å²) in [6.45, 7) is 1.76. The summed E-state index contributed by atoms with van der Waals surface area (Å²) in [6, 6.07) is 21.7. The van der Waals surface area contributed by atoms with Crippen molar-refractivity contribution < 1.29 is 51.6 Å². The zero-order valence-electron chi connectivity index (χ0n) is 25.1. The van der Waals surface area contributed by atoms with Crippen LogP contribution in [-0.2, 0) is 34.5 Å². The van der Waals surface area contributed by atoms with Crippen LogP contribution in [0.4, 0.5) is 0 Å². The molecule has 0 spiro atoms. The molecule has 0 radical (unpaired) electrons. The first-order chi connectivity index (χ1) is 21.5. The van der Waals surface area contributed by atoms with Gasteiger partial charge in [-0.15, -0.1) is 0 Å². The first kappa shape index (κ1) is 32.0. The second-order valence-corrected chi connectivity index (χ2v) is 11.7. The highest BCUT2D eigenvalue weighted by Crippen LogP contribution is 2.38. The van der Waals surface area contributed by atoms with Crippen molar-refractivity contribution in [2.24, 2.45) is 0 Å². The number of benzene rings is 3. The summed E-state index contributed by atoms with van der Waals surface area (Å²) in [5.74, 6) is 3.66. The van der Waals surface area contributed by atoms with Gasteiger partial charge in [-0.1, -0.05) is 19.1 Å². The van der Waals surface area contributed by atoms with Gasteiger partial charge < -0.3 is 47.4 Å². The van der Waals surface area contributed by atoms with E-state index in [1.54, 1.807) is 69.9 Å². The molecule has 5 rings (SSSR count). The molecule has 3 aromatic carbocycles. The van der Waals surface area contributed by atoms with E-state index in [-0.39, 0.29) is 20.2 Å². The van der Waals surface area contributed by atoms with Crippen LogP contribution in [0.25, 0.3) is 0 Å². The van der Waals surface area contributed by atoms with Gasteiger partial charge >= 0.3 is 0 Å². The van der Waals surface area contributed by atoms with Gasteiger partial charge in [-0.05, 0) is 60.7 Å². The zero-order chi connectivity index (χ0) is 30.9. The molecular weight excluding hydrogens is 592 g/mol. The quantitative estimate of drug-likeness (QED) is 0.236. The van der Waals surface area contributed by atoms with Crippen molar-refractivity contribution in [1.29, 1.82) is 0 Å². The van der Waals surface area contributed by atoms with E-state index in [9.17, 15) is 4.21 Å². The Hall–Kier alpha value is -3.39. The standard InChI is InChI=1S/C32H38O11S/c1-5-44(33)32-30(41-20-39-26-16-12-24(36-4)13-17-26)29(40-19-38-25-14-10-23(35-3)11-15-25)28-27(42-32)18-37-31(43-28)21-6-8-22(34-2)9-7-21/h6-17,27-32H,5,18-20H2,1-4H3/t27-,28+,29+,30-,31+,32+,44?/m1/s1. The monoisotopic (exact) mass is 630 g/mol. The molecule has 1 unspecified atom stereocenters. The third-order valence-corrected chi connectivity index (χ3v) is 8.77. The minimum atomic E-state index is -1.40. The predicted octanol–water partition coefficient (Wildman–Crippen LogP) is 4.46. The van der Waals surface area contributed by atoms with Crippen molar-refractivity contribution in [2.75, 3.05) is 47.3 Å². The summed E-state index contributed by atoms with van der Waals surface area (Å²) in [4.78, 5) is 0. The maximum absolute atomic E-state index is 13.3. The van der Waals surface area contributed by atoms with Crippen molar-refractivity contribution in [3.63, 3.8) is 0 Å². The SMILES string of the molecule is CCS(=O)[C@@H]1O[C@@H]2CO[C@H](c3ccc(OC)cc3)O[C@@H]2[C@H](OCOc2ccc(OC)cc2)[C@H]1OCOc1ccc(OC)cc1. The molecule has 2 aliphatic rings. The topological polar surface area (TPSA) is 109 Å². The van der Waals surface area contributed by atoms with Crippen LogP contribution in [0.5, 0.6) is 28.7 Å². The molecule has 7 atom stereocenters. The van der Waals surface area contributed by atoms with Gasteiger partial charge in [0.25, 0.3) is 0 Å². The number of rotatable bonds is 14. The molecule has 238 valence electrons. The van der Waals surface area contributed by atoms with Crippen LogP contribution < -0.4 is 23.7 Å². The highest BCUT2D eigenvalue weighted by Gasteiger charge is 2.53. The number of methoxy groups -OCH3 is 3. The van der Waals surface area contributed by atoms with Crippen molar-refractivity contribution in [2.45, 2.75) is 43.1 Å². The lowest BCUT2D eigenvalue weighted by Crippen LogP contribution is -2.64.